The maximum atomic E-state index is 12.7. The molecule has 0 radical (unpaired) electrons. The molecule has 2 aliphatic heterocycles. The third-order valence-corrected chi connectivity index (χ3v) is 5.27. The van der Waals surface area contributed by atoms with E-state index in [1.165, 1.54) is 12.3 Å². The van der Waals surface area contributed by atoms with Gasteiger partial charge in [0, 0.05) is 49.4 Å². The van der Waals surface area contributed by atoms with Gasteiger partial charge in [-0.05, 0) is 30.3 Å². The first-order valence-electron chi connectivity index (χ1n) is 9.00. The number of phenolic OH excluding ortho intramolecular Hbond substituents is 1. The maximum Gasteiger partial charge on any atom is 0.254 e. The number of fused-ring (bicyclic) bond motifs is 1. The second-order valence-electron chi connectivity index (χ2n) is 7.01. The molecule has 2 amide bonds. The highest BCUT2D eigenvalue weighted by Gasteiger charge is 2.45. The van der Waals surface area contributed by atoms with E-state index in [1.54, 1.807) is 41.4 Å². The minimum Gasteiger partial charge on any atom is -0.508 e. The number of pyridine rings is 1. The number of nitrogens with zero attached hydrogens (tertiary/aromatic N) is 2. The number of hydrogen-bond donors (Lipinski definition) is 2. The van der Waals surface area contributed by atoms with E-state index in [-0.39, 0.29) is 35.5 Å². The van der Waals surface area contributed by atoms with Gasteiger partial charge in [0.15, 0.2) is 0 Å². The van der Waals surface area contributed by atoms with Gasteiger partial charge in [0.25, 0.3) is 11.8 Å². The number of ether oxygens (including phenoxy) is 1. The molecule has 4 rings (SSSR count). The largest absolute Gasteiger partial charge is 0.508 e. The second kappa shape index (κ2) is 7.36. The summed E-state index contributed by atoms with van der Waals surface area (Å²) < 4.78 is 5.86. The molecule has 140 valence electrons. The molecule has 3 atom stereocenters. The monoisotopic (exact) mass is 367 g/mol. The van der Waals surface area contributed by atoms with Gasteiger partial charge in [0.05, 0.1) is 18.3 Å². The molecule has 1 aromatic heterocycles. The lowest BCUT2D eigenvalue weighted by Crippen LogP contribution is -2.35. The van der Waals surface area contributed by atoms with Crippen molar-refractivity contribution < 1.29 is 19.4 Å². The lowest BCUT2D eigenvalue weighted by molar-refractivity contribution is 0.0674. The molecule has 7 heteroatoms. The zero-order valence-corrected chi connectivity index (χ0v) is 14.7. The van der Waals surface area contributed by atoms with E-state index in [4.69, 9.17) is 4.74 Å². The Balaban J connectivity index is 1.36. The minimum atomic E-state index is -0.155. The molecular formula is C20H21N3O4. The number of rotatable bonds is 4. The van der Waals surface area contributed by atoms with Crippen LogP contribution in [0.25, 0.3) is 0 Å². The van der Waals surface area contributed by atoms with Crippen LogP contribution in [0.5, 0.6) is 5.75 Å². The lowest BCUT2D eigenvalue weighted by atomic mass is 9.93. The van der Waals surface area contributed by atoms with Crippen LogP contribution >= 0.6 is 0 Å². The molecule has 2 aliphatic rings. The summed E-state index contributed by atoms with van der Waals surface area (Å²) in [6.07, 6.45) is 3.16. The summed E-state index contributed by atoms with van der Waals surface area (Å²) in [7, 11) is 0. The standard InChI is InChI=1S/C20H21N3O4/c24-16-5-1-3-13(7-16)20(26)23-10-17-15(12-27-18(17)11-23)9-22-19(25)14-4-2-6-21-8-14/h1-8,15,17-18,24H,9-12H2,(H,22,25)/t15-,17-,18-/m1/s1. The zero-order valence-electron chi connectivity index (χ0n) is 14.7. The van der Waals surface area contributed by atoms with Crippen LogP contribution in [-0.4, -0.2) is 59.1 Å². The number of carbonyl (C=O) groups excluding carboxylic acids is 2. The minimum absolute atomic E-state index is 0.00782. The Labute approximate surface area is 157 Å². The highest BCUT2D eigenvalue weighted by molar-refractivity contribution is 5.95. The topological polar surface area (TPSA) is 91.8 Å². The third-order valence-electron chi connectivity index (χ3n) is 5.27. The highest BCUT2D eigenvalue weighted by Crippen LogP contribution is 2.34. The third kappa shape index (κ3) is 3.64. The van der Waals surface area contributed by atoms with Gasteiger partial charge in [-0.15, -0.1) is 0 Å². The molecule has 2 fully saturated rings. The van der Waals surface area contributed by atoms with Crippen LogP contribution in [0.2, 0.25) is 0 Å². The Bertz CT molecular complexity index is 842. The molecule has 2 aromatic rings. The lowest BCUT2D eigenvalue weighted by Gasteiger charge is -2.20. The van der Waals surface area contributed by atoms with Crippen LogP contribution in [0.15, 0.2) is 48.8 Å². The molecule has 7 nitrogen and oxygen atoms in total. The Morgan fingerprint density at radius 3 is 2.85 bits per heavy atom. The van der Waals surface area contributed by atoms with Gasteiger partial charge in [0.2, 0.25) is 0 Å². The van der Waals surface area contributed by atoms with Crippen molar-refractivity contribution in [3.05, 3.63) is 59.9 Å². The fourth-order valence-corrected chi connectivity index (χ4v) is 3.82. The van der Waals surface area contributed by atoms with Crippen molar-refractivity contribution in [1.82, 2.24) is 15.2 Å². The fourth-order valence-electron chi connectivity index (χ4n) is 3.82. The van der Waals surface area contributed by atoms with Gasteiger partial charge in [-0.3, -0.25) is 14.6 Å². The van der Waals surface area contributed by atoms with E-state index in [9.17, 15) is 14.7 Å². The van der Waals surface area contributed by atoms with Crippen molar-refractivity contribution in [1.29, 1.82) is 0 Å². The molecule has 0 bridgehead atoms. The van der Waals surface area contributed by atoms with Crippen molar-refractivity contribution in [2.24, 2.45) is 11.8 Å². The molecule has 1 aromatic carbocycles. The van der Waals surface area contributed by atoms with E-state index >= 15 is 0 Å². The molecule has 3 heterocycles. The average molecular weight is 367 g/mol. The van der Waals surface area contributed by atoms with E-state index in [1.807, 2.05) is 0 Å². The molecule has 0 saturated carbocycles. The maximum absolute atomic E-state index is 12.7. The molecule has 27 heavy (non-hydrogen) atoms. The van der Waals surface area contributed by atoms with Crippen LogP contribution in [-0.2, 0) is 4.74 Å². The number of hydrogen-bond acceptors (Lipinski definition) is 5. The predicted molar refractivity (Wildman–Crippen MR) is 97.3 cm³/mol. The summed E-state index contributed by atoms with van der Waals surface area (Å²) in [5, 5.41) is 12.5. The van der Waals surface area contributed by atoms with Crippen LogP contribution in [0.4, 0.5) is 0 Å². The Kier molecular flexibility index (Phi) is 4.77. The van der Waals surface area contributed by atoms with Gasteiger partial charge < -0.3 is 20.1 Å². The first-order valence-corrected chi connectivity index (χ1v) is 9.00. The molecule has 0 aliphatic carbocycles. The molecular weight excluding hydrogens is 346 g/mol. The number of aromatic nitrogens is 1. The molecule has 0 unspecified atom stereocenters. The smallest absolute Gasteiger partial charge is 0.254 e. The zero-order chi connectivity index (χ0) is 18.8. The molecule has 2 saturated heterocycles. The van der Waals surface area contributed by atoms with E-state index < -0.39 is 0 Å². The number of nitrogens with one attached hydrogen (secondary N) is 1. The van der Waals surface area contributed by atoms with Crippen molar-refractivity contribution in [3.63, 3.8) is 0 Å². The summed E-state index contributed by atoms with van der Waals surface area (Å²) in [6, 6.07) is 9.82. The van der Waals surface area contributed by atoms with Gasteiger partial charge in [-0.2, -0.15) is 0 Å². The van der Waals surface area contributed by atoms with Crippen molar-refractivity contribution in [2.45, 2.75) is 6.10 Å². The van der Waals surface area contributed by atoms with E-state index in [0.29, 0.717) is 37.4 Å². The van der Waals surface area contributed by atoms with E-state index in [2.05, 4.69) is 10.3 Å². The van der Waals surface area contributed by atoms with E-state index in [0.717, 1.165) is 0 Å². The predicted octanol–water partition coefficient (Wildman–Crippen LogP) is 1.30. The summed E-state index contributed by atoms with van der Waals surface area (Å²) >= 11 is 0. The van der Waals surface area contributed by atoms with Gasteiger partial charge in [0.1, 0.15) is 5.75 Å². The summed E-state index contributed by atoms with van der Waals surface area (Å²) in [6.45, 7) is 2.21. The number of benzene rings is 1. The average Bonchev–Trinajstić information content (AvgIpc) is 3.27. The fraction of sp³-hybridized carbons (Fsp3) is 0.350. The molecule has 0 spiro atoms. The van der Waals surface area contributed by atoms with Crippen molar-refractivity contribution in [2.75, 3.05) is 26.2 Å². The van der Waals surface area contributed by atoms with Gasteiger partial charge >= 0.3 is 0 Å². The SMILES string of the molecule is O=C(NC[C@@H]1CO[C@@H]2CN(C(=O)c3cccc(O)c3)C[C@H]12)c1cccnc1. The Morgan fingerprint density at radius 1 is 1.22 bits per heavy atom. The quantitative estimate of drug-likeness (QED) is 0.850. The summed E-state index contributed by atoms with van der Waals surface area (Å²) in [5.74, 6) is 0.171. The van der Waals surface area contributed by atoms with Gasteiger partial charge in [-0.25, -0.2) is 0 Å². The highest BCUT2D eigenvalue weighted by atomic mass is 16.5. The number of carbonyl (C=O) groups is 2. The number of amides is 2. The van der Waals surface area contributed by atoms with Crippen molar-refractivity contribution in [3.8, 4) is 5.75 Å². The van der Waals surface area contributed by atoms with Crippen LogP contribution in [0.3, 0.4) is 0 Å². The van der Waals surface area contributed by atoms with Crippen LogP contribution in [0, 0.1) is 11.8 Å². The first kappa shape index (κ1) is 17.5. The van der Waals surface area contributed by atoms with Crippen molar-refractivity contribution >= 4 is 11.8 Å². The van der Waals surface area contributed by atoms with Crippen LogP contribution < -0.4 is 5.32 Å². The Hall–Kier alpha value is -2.93. The van der Waals surface area contributed by atoms with Gasteiger partial charge in [-0.1, -0.05) is 6.07 Å². The summed E-state index contributed by atoms with van der Waals surface area (Å²) in [5.41, 5.74) is 0.997. The summed E-state index contributed by atoms with van der Waals surface area (Å²) in [4.78, 5) is 30.6. The normalized spacial score (nSPS) is 23.9. The molecule has 2 N–H and O–H groups in total. The first-order chi connectivity index (χ1) is 13.1. The number of phenols is 1. The number of likely N-dealkylation sites (tertiary alicyclic amines) is 1. The number of aromatic hydroxyl groups is 1. The second-order valence-corrected chi connectivity index (χ2v) is 7.01. The van der Waals surface area contributed by atoms with Crippen LogP contribution in [0.1, 0.15) is 20.7 Å². The Morgan fingerprint density at radius 2 is 2.07 bits per heavy atom.